The van der Waals surface area contributed by atoms with E-state index in [1.54, 1.807) is 17.6 Å². The van der Waals surface area contributed by atoms with Crippen LogP contribution < -0.4 is 0 Å². The second-order valence-electron chi connectivity index (χ2n) is 4.27. The van der Waals surface area contributed by atoms with E-state index >= 15 is 0 Å². The van der Waals surface area contributed by atoms with Gasteiger partial charge in [-0.3, -0.25) is 4.40 Å². The molecule has 3 aromatic rings. The molecule has 0 amide bonds. The molecule has 18 heavy (non-hydrogen) atoms. The number of nitrogens with zero attached hydrogens (tertiary/aromatic N) is 3. The largest absolute Gasteiger partial charge is 0.477 e. The van der Waals surface area contributed by atoms with Gasteiger partial charge in [0.1, 0.15) is 11.2 Å². The van der Waals surface area contributed by atoms with Gasteiger partial charge in [-0.15, -0.1) is 0 Å². The van der Waals surface area contributed by atoms with Crippen LogP contribution in [0.4, 0.5) is 0 Å². The highest BCUT2D eigenvalue weighted by molar-refractivity contribution is 6.35. The minimum atomic E-state index is -0.977. The fourth-order valence-corrected chi connectivity index (χ4v) is 2.46. The van der Waals surface area contributed by atoms with Gasteiger partial charge in [-0.25, -0.2) is 9.78 Å². The summed E-state index contributed by atoms with van der Waals surface area (Å²) in [6.07, 6.45) is 1.56. The number of carboxylic acid groups (broad SMARTS) is 1. The summed E-state index contributed by atoms with van der Waals surface area (Å²) in [4.78, 5) is 15.5. The lowest BCUT2D eigenvalue weighted by Gasteiger charge is -1.97. The van der Waals surface area contributed by atoms with Crippen LogP contribution in [-0.2, 0) is 7.05 Å². The third kappa shape index (κ3) is 1.34. The molecule has 2 aromatic heterocycles. The lowest BCUT2D eigenvalue weighted by molar-refractivity contribution is 0.0687. The summed E-state index contributed by atoms with van der Waals surface area (Å²) in [6.45, 7) is 1.94. The Morgan fingerprint density at radius 1 is 1.44 bits per heavy atom. The van der Waals surface area contributed by atoms with Crippen LogP contribution in [0.25, 0.3) is 16.8 Å². The molecule has 0 unspecified atom stereocenters. The van der Waals surface area contributed by atoms with Crippen LogP contribution >= 0.6 is 11.6 Å². The quantitative estimate of drug-likeness (QED) is 0.734. The lowest BCUT2D eigenvalue weighted by Crippen LogP contribution is -2.03. The zero-order valence-electron chi connectivity index (χ0n) is 9.81. The lowest BCUT2D eigenvalue weighted by atomic mass is 10.2. The molecular formula is C12H10ClN3O2. The van der Waals surface area contributed by atoms with Gasteiger partial charge in [-0.1, -0.05) is 11.6 Å². The van der Waals surface area contributed by atoms with E-state index in [1.165, 1.54) is 4.57 Å². The predicted octanol–water partition coefficient (Wildman–Crippen LogP) is 2.49. The number of rotatable bonds is 1. The van der Waals surface area contributed by atoms with Crippen LogP contribution in [0.3, 0.4) is 0 Å². The second kappa shape index (κ2) is 3.49. The molecule has 1 aromatic carbocycles. The number of fused-ring (bicyclic) bond motifs is 3. The van der Waals surface area contributed by atoms with E-state index in [4.69, 9.17) is 16.7 Å². The molecule has 6 heteroatoms. The van der Waals surface area contributed by atoms with E-state index in [-0.39, 0.29) is 5.69 Å². The molecule has 0 aliphatic rings. The number of aromatic nitrogens is 3. The van der Waals surface area contributed by atoms with Gasteiger partial charge in [0, 0.05) is 13.2 Å². The van der Waals surface area contributed by atoms with E-state index in [0.29, 0.717) is 16.3 Å². The molecule has 5 nitrogen and oxygen atoms in total. The summed E-state index contributed by atoms with van der Waals surface area (Å²) < 4.78 is 3.28. The Morgan fingerprint density at radius 2 is 2.17 bits per heavy atom. The molecule has 0 saturated carbocycles. The molecule has 0 fully saturated rings. The molecule has 1 N–H and O–H groups in total. The van der Waals surface area contributed by atoms with Crippen LogP contribution in [0.2, 0.25) is 5.02 Å². The van der Waals surface area contributed by atoms with Crippen molar-refractivity contribution in [1.82, 2.24) is 14.0 Å². The Hall–Kier alpha value is -2.01. The van der Waals surface area contributed by atoms with Gasteiger partial charge in [-0.05, 0) is 24.6 Å². The monoisotopic (exact) mass is 263 g/mol. The summed E-state index contributed by atoms with van der Waals surface area (Å²) >= 11 is 6.14. The number of aromatic carboxylic acids is 1. The summed E-state index contributed by atoms with van der Waals surface area (Å²) in [5, 5.41) is 9.65. The molecule has 0 bridgehead atoms. The first-order chi connectivity index (χ1) is 8.49. The molecule has 0 spiro atoms. The minimum Gasteiger partial charge on any atom is -0.477 e. The smallest absolute Gasteiger partial charge is 0.354 e. The van der Waals surface area contributed by atoms with Crippen molar-refractivity contribution in [2.45, 2.75) is 6.92 Å². The summed E-state index contributed by atoms with van der Waals surface area (Å²) in [5.41, 5.74) is 2.70. The van der Waals surface area contributed by atoms with Crippen molar-refractivity contribution >= 4 is 34.4 Å². The maximum Gasteiger partial charge on any atom is 0.354 e. The minimum absolute atomic E-state index is 0.192. The number of hydrogen-bond donors (Lipinski definition) is 1. The Morgan fingerprint density at radius 3 is 2.83 bits per heavy atom. The van der Waals surface area contributed by atoms with Gasteiger partial charge in [0.15, 0.2) is 0 Å². The van der Waals surface area contributed by atoms with Crippen molar-refractivity contribution in [3.05, 3.63) is 34.6 Å². The van der Waals surface area contributed by atoms with E-state index in [0.717, 1.165) is 11.1 Å². The topological polar surface area (TPSA) is 59.5 Å². The highest BCUT2D eigenvalue weighted by atomic mass is 35.5. The molecule has 0 radical (unpaired) electrons. The molecule has 0 aliphatic carbocycles. The average molecular weight is 264 g/mol. The van der Waals surface area contributed by atoms with Crippen molar-refractivity contribution in [3.63, 3.8) is 0 Å². The summed E-state index contributed by atoms with van der Waals surface area (Å²) in [7, 11) is 1.67. The van der Waals surface area contributed by atoms with Crippen LogP contribution in [0.15, 0.2) is 18.3 Å². The van der Waals surface area contributed by atoms with Crippen molar-refractivity contribution < 1.29 is 9.90 Å². The van der Waals surface area contributed by atoms with Crippen LogP contribution in [0, 0.1) is 6.92 Å². The van der Waals surface area contributed by atoms with E-state index in [1.807, 2.05) is 19.1 Å². The van der Waals surface area contributed by atoms with E-state index in [9.17, 15) is 4.79 Å². The molecule has 92 valence electrons. The number of carboxylic acids is 1. The van der Waals surface area contributed by atoms with E-state index < -0.39 is 5.97 Å². The number of hydrogen-bond acceptors (Lipinski definition) is 2. The SMILES string of the molecule is Cc1cc(Cl)c2nc3n(C)c(C(=O)O)cn3c2c1. The third-order valence-corrected chi connectivity index (χ3v) is 3.29. The molecule has 0 saturated heterocycles. The van der Waals surface area contributed by atoms with Crippen molar-refractivity contribution in [3.8, 4) is 0 Å². The third-order valence-electron chi connectivity index (χ3n) is 3.01. The van der Waals surface area contributed by atoms with Crippen molar-refractivity contribution in [2.24, 2.45) is 7.05 Å². The van der Waals surface area contributed by atoms with Crippen molar-refractivity contribution in [1.29, 1.82) is 0 Å². The summed E-state index contributed by atoms with van der Waals surface area (Å²) in [5.74, 6) is -0.412. The Balaban J connectivity index is 2.50. The zero-order valence-corrected chi connectivity index (χ0v) is 10.6. The van der Waals surface area contributed by atoms with Crippen LogP contribution in [0.1, 0.15) is 16.1 Å². The Bertz CT molecular complexity index is 801. The number of aryl methyl sites for hydroxylation is 2. The van der Waals surface area contributed by atoms with E-state index in [2.05, 4.69) is 4.98 Å². The fraction of sp³-hybridized carbons (Fsp3) is 0.167. The highest BCUT2D eigenvalue weighted by Crippen LogP contribution is 2.26. The van der Waals surface area contributed by atoms with Gasteiger partial charge in [0.05, 0.1) is 10.5 Å². The van der Waals surface area contributed by atoms with Crippen molar-refractivity contribution in [2.75, 3.05) is 0 Å². The van der Waals surface area contributed by atoms with Gasteiger partial charge < -0.3 is 9.67 Å². The zero-order chi connectivity index (χ0) is 13.0. The molecule has 2 heterocycles. The molecular weight excluding hydrogens is 254 g/mol. The first-order valence-electron chi connectivity index (χ1n) is 5.36. The van der Waals surface area contributed by atoms with Gasteiger partial charge in [-0.2, -0.15) is 0 Å². The number of imidazole rings is 2. The first-order valence-corrected chi connectivity index (χ1v) is 5.74. The second-order valence-corrected chi connectivity index (χ2v) is 4.68. The maximum absolute atomic E-state index is 11.1. The number of carbonyl (C=O) groups is 1. The van der Waals surface area contributed by atoms with Crippen LogP contribution in [0.5, 0.6) is 0 Å². The van der Waals surface area contributed by atoms with Gasteiger partial charge in [0.2, 0.25) is 5.78 Å². The first kappa shape index (κ1) is 11.1. The fourth-order valence-electron chi connectivity index (χ4n) is 2.15. The normalized spacial score (nSPS) is 11.5. The maximum atomic E-state index is 11.1. The Labute approximate surface area is 107 Å². The Kier molecular flexibility index (Phi) is 2.15. The molecule has 0 aliphatic heterocycles. The highest BCUT2D eigenvalue weighted by Gasteiger charge is 2.17. The number of benzene rings is 1. The van der Waals surface area contributed by atoms with Gasteiger partial charge in [0.25, 0.3) is 0 Å². The van der Waals surface area contributed by atoms with Gasteiger partial charge >= 0.3 is 5.97 Å². The van der Waals surface area contributed by atoms with Crippen LogP contribution in [-0.4, -0.2) is 25.0 Å². The number of halogens is 1. The predicted molar refractivity (Wildman–Crippen MR) is 68.4 cm³/mol. The summed E-state index contributed by atoms with van der Waals surface area (Å²) in [6, 6.07) is 3.78. The average Bonchev–Trinajstić information content (AvgIpc) is 2.77. The molecule has 0 atom stereocenters. The molecule has 3 rings (SSSR count). The standard InChI is InChI=1S/C12H10ClN3O2/c1-6-3-7(13)10-8(4-6)16-5-9(11(17)18)15(2)12(16)14-10/h3-5H,1-2H3,(H,17,18).